The lowest BCUT2D eigenvalue weighted by Gasteiger charge is -2.29. The van der Waals surface area contributed by atoms with E-state index in [0.29, 0.717) is 31.9 Å². The fraction of sp³-hybridized carbons (Fsp3) is 0.562. The predicted octanol–water partition coefficient (Wildman–Crippen LogP) is 3.27. The molecule has 1 aliphatic rings. The van der Waals surface area contributed by atoms with Crippen molar-refractivity contribution in [2.75, 3.05) is 13.2 Å². The van der Waals surface area contributed by atoms with Crippen molar-refractivity contribution >= 4 is 34.2 Å². The van der Waals surface area contributed by atoms with Gasteiger partial charge in [0.2, 0.25) is 5.91 Å². The SMILES string of the molecule is CC(CN)(NC(=O)CCCOc1cccc(Br)c1)C1CC1.Cl. The number of ether oxygens (including phenoxy) is 1. The third-order valence-electron chi connectivity index (χ3n) is 3.94. The first-order valence-corrected chi connectivity index (χ1v) is 8.22. The molecule has 0 aliphatic heterocycles. The summed E-state index contributed by atoms with van der Waals surface area (Å²) in [4.78, 5) is 12.0. The Balaban J connectivity index is 0.00000242. The molecule has 1 aromatic rings. The predicted molar refractivity (Wildman–Crippen MR) is 94.4 cm³/mol. The molecule has 1 saturated carbocycles. The molecule has 0 bridgehead atoms. The molecule has 1 atom stereocenters. The summed E-state index contributed by atoms with van der Waals surface area (Å²) in [6.45, 7) is 3.07. The lowest BCUT2D eigenvalue weighted by molar-refractivity contribution is -0.123. The molecular weight excluding hydrogens is 368 g/mol. The van der Waals surface area contributed by atoms with Gasteiger partial charge in [-0.3, -0.25) is 4.79 Å². The van der Waals surface area contributed by atoms with E-state index >= 15 is 0 Å². The van der Waals surface area contributed by atoms with E-state index < -0.39 is 0 Å². The third-order valence-corrected chi connectivity index (χ3v) is 4.43. The van der Waals surface area contributed by atoms with Crippen LogP contribution in [0.1, 0.15) is 32.6 Å². The van der Waals surface area contributed by atoms with Gasteiger partial charge >= 0.3 is 0 Å². The van der Waals surface area contributed by atoms with Crippen molar-refractivity contribution in [3.05, 3.63) is 28.7 Å². The molecule has 1 aliphatic carbocycles. The van der Waals surface area contributed by atoms with E-state index in [9.17, 15) is 4.79 Å². The van der Waals surface area contributed by atoms with Crippen molar-refractivity contribution in [1.29, 1.82) is 0 Å². The van der Waals surface area contributed by atoms with Crippen LogP contribution in [0.5, 0.6) is 5.75 Å². The second kappa shape index (κ2) is 8.75. The number of benzene rings is 1. The summed E-state index contributed by atoms with van der Waals surface area (Å²) in [7, 11) is 0. The zero-order chi connectivity index (χ0) is 15.3. The van der Waals surface area contributed by atoms with Crippen molar-refractivity contribution in [3.63, 3.8) is 0 Å². The number of rotatable bonds is 8. The van der Waals surface area contributed by atoms with E-state index in [0.717, 1.165) is 10.2 Å². The molecule has 4 nitrogen and oxygen atoms in total. The van der Waals surface area contributed by atoms with Gasteiger partial charge in [-0.25, -0.2) is 0 Å². The average Bonchev–Trinajstić information content (AvgIpc) is 3.28. The number of halogens is 2. The van der Waals surface area contributed by atoms with Gasteiger partial charge in [0, 0.05) is 17.4 Å². The molecule has 6 heteroatoms. The smallest absolute Gasteiger partial charge is 0.220 e. The number of nitrogens with one attached hydrogen (secondary N) is 1. The van der Waals surface area contributed by atoms with Crippen LogP contribution in [0.25, 0.3) is 0 Å². The first-order valence-electron chi connectivity index (χ1n) is 7.43. The summed E-state index contributed by atoms with van der Waals surface area (Å²) in [5.74, 6) is 1.42. The average molecular weight is 392 g/mol. The second-order valence-corrected chi connectivity index (χ2v) is 6.77. The van der Waals surface area contributed by atoms with Crippen LogP contribution in [0.2, 0.25) is 0 Å². The van der Waals surface area contributed by atoms with Gasteiger partial charge in [-0.2, -0.15) is 0 Å². The van der Waals surface area contributed by atoms with Crippen molar-refractivity contribution < 1.29 is 9.53 Å². The Morgan fingerprint density at radius 1 is 1.50 bits per heavy atom. The number of hydrogen-bond acceptors (Lipinski definition) is 3. The maximum Gasteiger partial charge on any atom is 0.220 e. The second-order valence-electron chi connectivity index (χ2n) is 5.85. The van der Waals surface area contributed by atoms with Gasteiger partial charge in [0.1, 0.15) is 5.75 Å². The lowest BCUT2D eigenvalue weighted by Crippen LogP contribution is -2.53. The molecule has 0 aromatic heterocycles. The van der Waals surface area contributed by atoms with Gasteiger partial charge in [0.15, 0.2) is 0 Å². The summed E-state index contributed by atoms with van der Waals surface area (Å²) in [5.41, 5.74) is 5.56. The van der Waals surface area contributed by atoms with Gasteiger partial charge in [-0.15, -0.1) is 12.4 Å². The van der Waals surface area contributed by atoms with Crippen LogP contribution in [-0.4, -0.2) is 24.6 Å². The molecule has 1 unspecified atom stereocenters. The minimum atomic E-state index is -0.234. The number of amides is 1. The van der Waals surface area contributed by atoms with Gasteiger partial charge in [0.05, 0.1) is 12.1 Å². The molecule has 124 valence electrons. The van der Waals surface area contributed by atoms with E-state index in [-0.39, 0.29) is 23.9 Å². The highest BCUT2D eigenvalue weighted by atomic mass is 79.9. The van der Waals surface area contributed by atoms with Crippen molar-refractivity contribution in [2.24, 2.45) is 11.7 Å². The molecule has 3 N–H and O–H groups in total. The Hall–Kier alpha value is -0.780. The van der Waals surface area contributed by atoms with Crippen LogP contribution in [0.3, 0.4) is 0 Å². The first-order chi connectivity index (χ1) is 10.0. The number of carbonyl (C=O) groups excluding carboxylic acids is 1. The van der Waals surface area contributed by atoms with Crippen LogP contribution in [-0.2, 0) is 4.79 Å². The molecule has 0 saturated heterocycles. The standard InChI is InChI=1S/C16H23BrN2O2.ClH/c1-16(11-18,12-7-8-12)19-15(20)6-3-9-21-14-5-2-4-13(17)10-14;/h2,4-5,10,12H,3,6-9,11,18H2,1H3,(H,19,20);1H. The topological polar surface area (TPSA) is 64.3 Å². The van der Waals surface area contributed by atoms with Gasteiger partial charge in [0.25, 0.3) is 0 Å². The Kier molecular flexibility index (Phi) is 7.66. The quantitative estimate of drug-likeness (QED) is 0.668. The highest BCUT2D eigenvalue weighted by Gasteiger charge is 2.41. The molecule has 0 heterocycles. The molecule has 2 rings (SSSR count). The first kappa shape index (κ1) is 19.3. The van der Waals surface area contributed by atoms with E-state index in [4.69, 9.17) is 10.5 Å². The molecule has 0 spiro atoms. The lowest BCUT2D eigenvalue weighted by atomic mass is 9.95. The Morgan fingerprint density at radius 3 is 2.82 bits per heavy atom. The van der Waals surface area contributed by atoms with E-state index in [1.54, 1.807) is 0 Å². The molecule has 22 heavy (non-hydrogen) atoms. The van der Waals surface area contributed by atoms with Crippen LogP contribution < -0.4 is 15.8 Å². The highest BCUT2D eigenvalue weighted by molar-refractivity contribution is 9.10. The minimum absolute atomic E-state index is 0. The fourth-order valence-corrected chi connectivity index (χ4v) is 2.78. The van der Waals surface area contributed by atoms with Crippen LogP contribution >= 0.6 is 28.3 Å². The molecule has 1 aromatic carbocycles. The van der Waals surface area contributed by atoms with E-state index in [1.165, 1.54) is 12.8 Å². The zero-order valence-corrected chi connectivity index (χ0v) is 15.2. The van der Waals surface area contributed by atoms with Crippen molar-refractivity contribution in [2.45, 2.75) is 38.1 Å². The number of nitrogens with two attached hydrogens (primary N) is 1. The Labute approximate surface area is 146 Å². The summed E-state index contributed by atoms with van der Waals surface area (Å²) >= 11 is 3.40. The maximum absolute atomic E-state index is 12.0. The summed E-state index contributed by atoms with van der Waals surface area (Å²) in [5, 5.41) is 3.09. The summed E-state index contributed by atoms with van der Waals surface area (Å²) in [6.07, 6.45) is 3.50. The van der Waals surface area contributed by atoms with Crippen molar-refractivity contribution in [3.8, 4) is 5.75 Å². The molecule has 0 radical (unpaired) electrons. The van der Waals surface area contributed by atoms with Crippen LogP contribution in [0.4, 0.5) is 0 Å². The highest BCUT2D eigenvalue weighted by Crippen LogP contribution is 2.38. The Morgan fingerprint density at radius 2 is 2.23 bits per heavy atom. The normalized spacial score (nSPS) is 16.3. The van der Waals surface area contributed by atoms with E-state index in [2.05, 4.69) is 21.2 Å². The monoisotopic (exact) mass is 390 g/mol. The number of hydrogen-bond donors (Lipinski definition) is 2. The minimum Gasteiger partial charge on any atom is -0.494 e. The van der Waals surface area contributed by atoms with Crippen LogP contribution in [0.15, 0.2) is 28.7 Å². The van der Waals surface area contributed by atoms with Crippen LogP contribution in [0, 0.1) is 5.92 Å². The van der Waals surface area contributed by atoms with Gasteiger partial charge in [-0.1, -0.05) is 22.0 Å². The Bertz CT molecular complexity index is 497. The largest absolute Gasteiger partial charge is 0.494 e. The summed E-state index contributed by atoms with van der Waals surface area (Å²) in [6, 6.07) is 7.70. The van der Waals surface area contributed by atoms with E-state index in [1.807, 2.05) is 31.2 Å². The molecular formula is C16H24BrClN2O2. The van der Waals surface area contributed by atoms with Crippen molar-refractivity contribution in [1.82, 2.24) is 5.32 Å². The number of carbonyl (C=O) groups is 1. The molecule has 1 amide bonds. The summed E-state index contributed by atoms with van der Waals surface area (Å²) < 4.78 is 6.61. The maximum atomic E-state index is 12.0. The van der Waals surface area contributed by atoms with Gasteiger partial charge in [-0.05, 0) is 50.3 Å². The third kappa shape index (κ3) is 5.78. The fourth-order valence-electron chi connectivity index (χ4n) is 2.40. The van der Waals surface area contributed by atoms with Gasteiger partial charge < -0.3 is 15.8 Å². The zero-order valence-electron chi connectivity index (χ0n) is 12.8. The molecule has 1 fully saturated rings.